The molecule has 1 aromatic carbocycles. The van der Waals surface area contributed by atoms with Crippen LogP contribution in [0.2, 0.25) is 0 Å². The summed E-state index contributed by atoms with van der Waals surface area (Å²) >= 11 is 0. The quantitative estimate of drug-likeness (QED) is 0.503. The van der Waals surface area contributed by atoms with E-state index in [9.17, 15) is 5.11 Å². The van der Waals surface area contributed by atoms with Gasteiger partial charge in [0.05, 0.1) is 19.3 Å². The molecule has 0 unspecified atom stereocenters. The molecule has 108 valence electrons. The first-order chi connectivity index (χ1) is 9.24. The second-order valence-electron chi connectivity index (χ2n) is 4.73. The van der Waals surface area contributed by atoms with Crippen molar-refractivity contribution >= 4 is 0 Å². The Bertz CT molecular complexity index is 315. The van der Waals surface area contributed by atoms with Crippen LogP contribution in [-0.2, 0) is 16.1 Å². The molecule has 0 bridgehead atoms. The molecule has 4 heteroatoms. The predicted octanol–water partition coefficient (Wildman–Crippen LogP) is 1.95. The van der Waals surface area contributed by atoms with Gasteiger partial charge in [0.25, 0.3) is 0 Å². The summed E-state index contributed by atoms with van der Waals surface area (Å²) in [7, 11) is 0. The van der Waals surface area contributed by atoms with Gasteiger partial charge in [-0.2, -0.15) is 0 Å². The van der Waals surface area contributed by atoms with Crippen LogP contribution in [0.5, 0.6) is 0 Å². The van der Waals surface area contributed by atoms with Crippen LogP contribution in [0, 0.1) is 5.92 Å². The molecule has 0 aliphatic carbocycles. The van der Waals surface area contributed by atoms with Gasteiger partial charge in [0.1, 0.15) is 6.79 Å². The maximum atomic E-state index is 9.75. The highest BCUT2D eigenvalue weighted by molar-refractivity contribution is 5.13. The molecule has 0 radical (unpaired) electrons. The Hall–Kier alpha value is -0.940. The van der Waals surface area contributed by atoms with Crippen molar-refractivity contribution in [2.45, 2.75) is 32.5 Å². The van der Waals surface area contributed by atoms with E-state index in [2.05, 4.69) is 0 Å². The SMILES string of the molecule is C[C@H](COCOCc1ccccc1)[C@@H](O)CCCO. The van der Waals surface area contributed by atoms with E-state index in [4.69, 9.17) is 14.6 Å². The molecule has 0 saturated carbocycles. The molecule has 2 N–H and O–H groups in total. The molecular formula is C15H24O4. The third-order valence-corrected chi connectivity index (χ3v) is 2.97. The Morgan fingerprint density at radius 1 is 1.16 bits per heavy atom. The molecule has 0 spiro atoms. The summed E-state index contributed by atoms with van der Waals surface area (Å²) in [6.45, 7) is 3.26. The van der Waals surface area contributed by atoms with Crippen molar-refractivity contribution in [3.63, 3.8) is 0 Å². The summed E-state index contributed by atoms with van der Waals surface area (Å²) in [6.07, 6.45) is 0.795. The third kappa shape index (κ3) is 7.28. The zero-order valence-corrected chi connectivity index (χ0v) is 11.5. The highest BCUT2D eigenvalue weighted by atomic mass is 16.7. The molecule has 0 heterocycles. The lowest BCUT2D eigenvalue weighted by Crippen LogP contribution is -2.23. The third-order valence-electron chi connectivity index (χ3n) is 2.97. The van der Waals surface area contributed by atoms with Crippen molar-refractivity contribution in [3.05, 3.63) is 35.9 Å². The zero-order chi connectivity index (χ0) is 13.9. The van der Waals surface area contributed by atoms with Gasteiger partial charge in [-0.15, -0.1) is 0 Å². The molecular weight excluding hydrogens is 244 g/mol. The van der Waals surface area contributed by atoms with Crippen LogP contribution in [0.15, 0.2) is 30.3 Å². The zero-order valence-electron chi connectivity index (χ0n) is 11.5. The van der Waals surface area contributed by atoms with E-state index in [1.165, 1.54) is 0 Å². The monoisotopic (exact) mass is 268 g/mol. The predicted molar refractivity (Wildman–Crippen MR) is 73.5 cm³/mol. The molecule has 0 fully saturated rings. The van der Waals surface area contributed by atoms with E-state index in [1.807, 2.05) is 37.3 Å². The average molecular weight is 268 g/mol. The maximum absolute atomic E-state index is 9.75. The van der Waals surface area contributed by atoms with Gasteiger partial charge in [-0.25, -0.2) is 0 Å². The van der Waals surface area contributed by atoms with Crippen molar-refractivity contribution in [1.29, 1.82) is 0 Å². The van der Waals surface area contributed by atoms with E-state index in [-0.39, 0.29) is 19.3 Å². The number of benzene rings is 1. The lowest BCUT2D eigenvalue weighted by molar-refractivity contribution is -0.0821. The first-order valence-corrected chi connectivity index (χ1v) is 6.72. The maximum Gasteiger partial charge on any atom is 0.147 e. The first kappa shape index (κ1) is 16.1. The number of hydrogen-bond donors (Lipinski definition) is 2. The lowest BCUT2D eigenvalue weighted by atomic mass is 10.0. The Labute approximate surface area is 115 Å². The molecule has 19 heavy (non-hydrogen) atoms. The molecule has 0 saturated heterocycles. The number of hydrogen-bond acceptors (Lipinski definition) is 4. The Balaban J connectivity index is 2.04. The Kier molecular flexibility index (Phi) is 8.41. The van der Waals surface area contributed by atoms with Crippen molar-refractivity contribution in [3.8, 4) is 0 Å². The van der Waals surface area contributed by atoms with Gasteiger partial charge < -0.3 is 19.7 Å². The number of rotatable bonds is 10. The number of aliphatic hydroxyl groups excluding tert-OH is 2. The molecule has 1 rings (SSSR count). The first-order valence-electron chi connectivity index (χ1n) is 6.72. The number of ether oxygens (including phenoxy) is 2. The van der Waals surface area contributed by atoms with Gasteiger partial charge in [0.2, 0.25) is 0 Å². The summed E-state index contributed by atoms with van der Waals surface area (Å²) in [5.41, 5.74) is 1.11. The van der Waals surface area contributed by atoms with Gasteiger partial charge in [0, 0.05) is 12.5 Å². The smallest absolute Gasteiger partial charge is 0.147 e. The fraction of sp³-hybridized carbons (Fsp3) is 0.600. The van der Waals surface area contributed by atoms with Gasteiger partial charge in [0.15, 0.2) is 0 Å². The minimum Gasteiger partial charge on any atom is -0.396 e. The van der Waals surface area contributed by atoms with Gasteiger partial charge in [-0.3, -0.25) is 0 Å². The van der Waals surface area contributed by atoms with Gasteiger partial charge >= 0.3 is 0 Å². The van der Waals surface area contributed by atoms with Gasteiger partial charge in [-0.05, 0) is 18.4 Å². The molecule has 0 aromatic heterocycles. The Morgan fingerprint density at radius 2 is 1.89 bits per heavy atom. The largest absolute Gasteiger partial charge is 0.396 e. The molecule has 0 aliphatic heterocycles. The minimum atomic E-state index is -0.429. The normalized spacial score (nSPS) is 14.3. The van der Waals surface area contributed by atoms with Crippen molar-refractivity contribution < 1.29 is 19.7 Å². The summed E-state index contributed by atoms with van der Waals surface area (Å²) in [4.78, 5) is 0. The van der Waals surface area contributed by atoms with E-state index < -0.39 is 6.10 Å². The van der Waals surface area contributed by atoms with Crippen LogP contribution in [0.3, 0.4) is 0 Å². The minimum absolute atomic E-state index is 0.0480. The second-order valence-corrected chi connectivity index (χ2v) is 4.73. The highest BCUT2D eigenvalue weighted by Crippen LogP contribution is 2.09. The fourth-order valence-corrected chi connectivity index (χ4v) is 1.72. The number of aliphatic hydroxyl groups is 2. The van der Waals surface area contributed by atoms with E-state index in [0.717, 1.165) is 5.56 Å². The molecule has 4 nitrogen and oxygen atoms in total. The van der Waals surface area contributed by atoms with Crippen LogP contribution in [0.25, 0.3) is 0 Å². The van der Waals surface area contributed by atoms with Gasteiger partial charge in [-0.1, -0.05) is 37.3 Å². The average Bonchev–Trinajstić information content (AvgIpc) is 2.45. The summed E-state index contributed by atoms with van der Waals surface area (Å²) in [5.74, 6) is 0.0480. The summed E-state index contributed by atoms with van der Waals surface area (Å²) in [5, 5.41) is 18.4. The van der Waals surface area contributed by atoms with Crippen LogP contribution in [0.4, 0.5) is 0 Å². The standard InChI is InChI=1S/C15H24O4/c1-13(15(17)8-5-9-16)10-18-12-19-11-14-6-3-2-4-7-14/h2-4,6-7,13,15-17H,5,8-12H2,1H3/t13-,15+/m1/s1. The highest BCUT2D eigenvalue weighted by Gasteiger charge is 2.13. The molecule has 0 amide bonds. The second kappa shape index (κ2) is 9.92. The lowest BCUT2D eigenvalue weighted by Gasteiger charge is -2.18. The van der Waals surface area contributed by atoms with E-state index >= 15 is 0 Å². The molecule has 0 aliphatic rings. The van der Waals surface area contributed by atoms with Crippen LogP contribution < -0.4 is 0 Å². The van der Waals surface area contributed by atoms with Crippen molar-refractivity contribution in [1.82, 2.24) is 0 Å². The van der Waals surface area contributed by atoms with Crippen molar-refractivity contribution in [2.24, 2.45) is 5.92 Å². The van der Waals surface area contributed by atoms with E-state index in [1.54, 1.807) is 0 Å². The van der Waals surface area contributed by atoms with Crippen LogP contribution >= 0.6 is 0 Å². The van der Waals surface area contributed by atoms with Crippen molar-refractivity contribution in [2.75, 3.05) is 20.0 Å². The molecule has 1 aromatic rings. The fourth-order valence-electron chi connectivity index (χ4n) is 1.72. The topological polar surface area (TPSA) is 58.9 Å². The van der Waals surface area contributed by atoms with E-state index in [0.29, 0.717) is 26.1 Å². The van der Waals surface area contributed by atoms with Crippen LogP contribution in [0.1, 0.15) is 25.3 Å². The summed E-state index contributed by atoms with van der Waals surface area (Å²) < 4.78 is 10.8. The molecule has 2 atom stereocenters. The Morgan fingerprint density at radius 3 is 2.58 bits per heavy atom. The summed E-state index contributed by atoms with van der Waals surface area (Å²) in [6, 6.07) is 9.91. The van der Waals surface area contributed by atoms with Crippen LogP contribution in [-0.4, -0.2) is 36.3 Å².